The van der Waals surface area contributed by atoms with Crippen molar-refractivity contribution in [1.82, 2.24) is 4.40 Å². The number of aromatic nitrogens is 1. The number of rotatable bonds is 7. The summed E-state index contributed by atoms with van der Waals surface area (Å²) >= 11 is 1.87. The van der Waals surface area contributed by atoms with Crippen molar-refractivity contribution < 1.29 is 0 Å². The number of nitrogens with zero attached hydrogens (tertiary/aromatic N) is 2. The maximum Gasteiger partial charge on any atom is 0.109 e. The summed E-state index contributed by atoms with van der Waals surface area (Å²) < 4.78 is 3.76. The van der Waals surface area contributed by atoms with Crippen LogP contribution in [0.4, 0.5) is 17.1 Å². The summed E-state index contributed by atoms with van der Waals surface area (Å²) in [6.07, 6.45) is 0. The summed E-state index contributed by atoms with van der Waals surface area (Å²) in [5.41, 5.74) is 15.6. The summed E-state index contributed by atoms with van der Waals surface area (Å²) in [6.45, 7) is 0. The van der Waals surface area contributed by atoms with Crippen molar-refractivity contribution in [2.45, 2.75) is 0 Å². The van der Waals surface area contributed by atoms with E-state index < -0.39 is 0 Å². The largest absolute Gasteiger partial charge is 0.311 e. The Hall–Kier alpha value is -6.68. The molecule has 0 spiro atoms. The highest BCUT2D eigenvalue weighted by molar-refractivity contribution is 7.24. The minimum atomic E-state index is 1.11. The van der Waals surface area contributed by atoms with Crippen molar-refractivity contribution >= 4 is 54.3 Å². The second kappa shape index (κ2) is 13.1. The van der Waals surface area contributed by atoms with Gasteiger partial charge in [-0.15, -0.1) is 11.3 Å². The van der Waals surface area contributed by atoms with Crippen molar-refractivity contribution in [3.63, 3.8) is 0 Å². The molecule has 0 amide bonds. The SMILES string of the molecule is c1ccc(-c2ccc(N(c3ccc(-c4ccccc4)cc3)c3ccc(-c4cccc5sc6c(-c7ccccc7)c7ccccc7n6c45)cc3)cc2)cc1. The smallest absolute Gasteiger partial charge is 0.109 e. The molecule has 0 unspecified atom stereocenters. The first-order valence-electron chi connectivity index (χ1n) is 18.0. The van der Waals surface area contributed by atoms with Crippen molar-refractivity contribution in [3.8, 4) is 44.5 Å². The van der Waals surface area contributed by atoms with Gasteiger partial charge in [0.1, 0.15) is 4.83 Å². The van der Waals surface area contributed by atoms with Gasteiger partial charge in [0, 0.05) is 33.6 Å². The summed E-state index contributed by atoms with van der Waals surface area (Å²) in [5.74, 6) is 0. The van der Waals surface area contributed by atoms with Crippen LogP contribution in [0.2, 0.25) is 0 Å². The quantitative estimate of drug-likeness (QED) is 0.161. The average molecular weight is 695 g/mol. The molecule has 10 rings (SSSR count). The van der Waals surface area contributed by atoms with Gasteiger partial charge in [-0.2, -0.15) is 0 Å². The van der Waals surface area contributed by atoms with E-state index >= 15 is 0 Å². The second-order valence-corrected chi connectivity index (χ2v) is 14.4. The van der Waals surface area contributed by atoms with E-state index in [0.29, 0.717) is 0 Å². The first kappa shape index (κ1) is 31.1. The molecule has 0 bridgehead atoms. The number of thiazole rings is 1. The number of benzene rings is 8. The third kappa shape index (κ3) is 5.50. The third-order valence-electron chi connectivity index (χ3n) is 10.2. The molecule has 0 fully saturated rings. The Labute approximate surface area is 313 Å². The average Bonchev–Trinajstić information content (AvgIpc) is 3.77. The first-order chi connectivity index (χ1) is 26.3. The monoisotopic (exact) mass is 694 g/mol. The Balaban J connectivity index is 1.09. The molecule has 0 saturated heterocycles. The van der Waals surface area contributed by atoms with E-state index in [2.05, 4.69) is 216 Å². The van der Waals surface area contributed by atoms with E-state index in [4.69, 9.17) is 0 Å². The zero-order chi connectivity index (χ0) is 35.1. The number of anilines is 3. The van der Waals surface area contributed by atoms with E-state index in [-0.39, 0.29) is 0 Å². The normalized spacial score (nSPS) is 11.4. The Kier molecular flexibility index (Phi) is 7.71. The first-order valence-corrected chi connectivity index (χ1v) is 18.8. The molecular weight excluding hydrogens is 661 g/mol. The van der Waals surface area contributed by atoms with Gasteiger partial charge < -0.3 is 4.90 Å². The van der Waals surface area contributed by atoms with Crippen LogP contribution in [-0.4, -0.2) is 4.40 Å². The third-order valence-corrected chi connectivity index (χ3v) is 11.4. The minimum Gasteiger partial charge on any atom is -0.311 e. The van der Waals surface area contributed by atoms with Crippen LogP contribution in [0.3, 0.4) is 0 Å². The number of fused-ring (bicyclic) bond motifs is 5. The van der Waals surface area contributed by atoms with Crippen LogP contribution in [0.1, 0.15) is 0 Å². The maximum atomic E-state index is 2.48. The van der Waals surface area contributed by atoms with Crippen molar-refractivity contribution in [2.75, 3.05) is 4.90 Å². The predicted molar refractivity (Wildman–Crippen MR) is 227 cm³/mol. The molecule has 0 aliphatic rings. The highest BCUT2D eigenvalue weighted by Crippen LogP contribution is 2.45. The molecule has 0 radical (unpaired) electrons. The minimum absolute atomic E-state index is 1.11. The van der Waals surface area contributed by atoms with Crippen LogP contribution in [-0.2, 0) is 0 Å². The molecule has 0 aliphatic carbocycles. The molecule has 2 heterocycles. The van der Waals surface area contributed by atoms with Crippen LogP contribution in [0.15, 0.2) is 206 Å². The molecular formula is C50H34N2S. The van der Waals surface area contributed by atoms with Crippen molar-refractivity contribution in [3.05, 3.63) is 206 Å². The van der Waals surface area contributed by atoms with Gasteiger partial charge in [-0.05, 0) is 81.9 Å². The molecule has 250 valence electrons. The zero-order valence-electron chi connectivity index (χ0n) is 28.9. The fourth-order valence-electron chi connectivity index (χ4n) is 7.70. The maximum absolute atomic E-state index is 2.48. The Bertz CT molecular complexity index is 2750. The molecule has 2 nitrogen and oxygen atoms in total. The summed E-state index contributed by atoms with van der Waals surface area (Å²) in [4.78, 5) is 3.63. The van der Waals surface area contributed by atoms with Gasteiger partial charge in [-0.3, -0.25) is 4.40 Å². The molecule has 0 saturated carbocycles. The van der Waals surface area contributed by atoms with E-state index in [0.717, 1.165) is 17.1 Å². The van der Waals surface area contributed by atoms with E-state index in [1.165, 1.54) is 70.5 Å². The van der Waals surface area contributed by atoms with Gasteiger partial charge in [0.25, 0.3) is 0 Å². The lowest BCUT2D eigenvalue weighted by molar-refractivity contribution is 1.28. The fraction of sp³-hybridized carbons (Fsp3) is 0. The van der Waals surface area contributed by atoms with E-state index in [1.807, 2.05) is 11.3 Å². The van der Waals surface area contributed by atoms with Gasteiger partial charge >= 0.3 is 0 Å². The van der Waals surface area contributed by atoms with Crippen LogP contribution < -0.4 is 4.90 Å². The highest BCUT2D eigenvalue weighted by Gasteiger charge is 2.20. The Morgan fingerprint density at radius 3 is 1.36 bits per heavy atom. The molecule has 53 heavy (non-hydrogen) atoms. The van der Waals surface area contributed by atoms with Crippen molar-refractivity contribution in [1.29, 1.82) is 0 Å². The molecule has 8 aromatic carbocycles. The van der Waals surface area contributed by atoms with Gasteiger partial charge in [0.05, 0.1) is 15.7 Å². The van der Waals surface area contributed by atoms with E-state index in [1.54, 1.807) is 0 Å². The molecule has 2 aromatic heterocycles. The predicted octanol–water partition coefficient (Wildman–Crippen LogP) is 14.4. The number of hydrogen-bond donors (Lipinski definition) is 0. The molecule has 3 heteroatoms. The molecule has 10 aromatic rings. The summed E-state index contributed by atoms with van der Waals surface area (Å²) in [7, 11) is 0. The number of para-hydroxylation sites is 2. The van der Waals surface area contributed by atoms with Crippen molar-refractivity contribution in [2.24, 2.45) is 0 Å². The Morgan fingerprint density at radius 1 is 0.358 bits per heavy atom. The topological polar surface area (TPSA) is 7.65 Å². The van der Waals surface area contributed by atoms with Crippen LogP contribution in [0, 0.1) is 0 Å². The second-order valence-electron chi connectivity index (χ2n) is 13.4. The zero-order valence-corrected chi connectivity index (χ0v) is 29.7. The van der Waals surface area contributed by atoms with Gasteiger partial charge in [-0.25, -0.2) is 0 Å². The van der Waals surface area contributed by atoms with Gasteiger partial charge in [-0.1, -0.05) is 158 Å². The van der Waals surface area contributed by atoms with Crippen LogP contribution in [0.5, 0.6) is 0 Å². The van der Waals surface area contributed by atoms with Crippen LogP contribution >= 0.6 is 11.3 Å². The molecule has 0 aliphatic heterocycles. The molecule has 0 N–H and O–H groups in total. The fourth-order valence-corrected chi connectivity index (χ4v) is 8.96. The molecule has 0 atom stereocenters. The van der Waals surface area contributed by atoms with Gasteiger partial charge in [0.15, 0.2) is 0 Å². The van der Waals surface area contributed by atoms with E-state index in [9.17, 15) is 0 Å². The lowest BCUT2D eigenvalue weighted by Crippen LogP contribution is -2.09. The summed E-state index contributed by atoms with van der Waals surface area (Å²) in [5, 5.41) is 1.28. The van der Waals surface area contributed by atoms with Crippen LogP contribution in [0.25, 0.3) is 70.5 Å². The highest BCUT2D eigenvalue weighted by atomic mass is 32.1. The standard InChI is InChI=1S/C50H34N2S/c1-4-13-35(14-5-1)37-23-29-41(30-24-37)51(42-31-25-38(26-32-42)36-15-6-2-7-16-36)43-33-27-39(28-34-43)44-20-12-22-47-49(44)52-46-21-11-10-19-45(46)48(50(52)53-47)40-17-8-3-9-18-40/h1-34H. The lowest BCUT2D eigenvalue weighted by Gasteiger charge is -2.26. The van der Waals surface area contributed by atoms with Gasteiger partial charge in [0.2, 0.25) is 0 Å². The lowest BCUT2D eigenvalue weighted by atomic mass is 10.0. The summed E-state index contributed by atoms with van der Waals surface area (Å²) in [6, 6.07) is 74.3. The number of hydrogen-bond acceptors (Lipinski definition) is 2. The Morgan fingerprint density at radius 2 is 0.811 bits per heavy atom.